The van der Waals surface area contributed by atoms with Crippen molar-refractivity contribution in [2.45, 2.75) is 39.8 Å². The first-order chi connectivity index (χ1) is 10.8. The first-order valence-corrected chi connectivity index (χ1v) is 8.18. The van der Waals surface area contributed by atoms with Crippen molar-refractivity contribution in [3.63, 3.8) is 0 Å². The second kappa shape index (κ2) is 9.72. The molecule has 23 heavy (non-hydrogen) atoms. The van der Waals surface area contributed by atoms with Crippen molar-refractivity contribution in [3.8, 4) is 0 Å². The van der Waals surface area contributed by atoms with Gasteiger partial charge in [-0.25, -0.2) is 9.59 Å². The number of esters is 1. The number of alkyl carbamates (subject to hydrolysis) is 1. The Labute approximate surface area is 138 Å². The predicted octanol–water partition coefficient (Wildman–Crippen LogP) is 1.27. The molecule has 0 aromatic rings. The predicted molar refractivity (Wildman–Crippen MR) is 86.1 cm³/mol. The van der Waals surface area contributed by atoms with Crippen LogP contribution < -0.4 is 5.32 Å². The van der Waals surface area contributed by atoms with Crippen molar-refractivity contribution in [3.05, 3.63) is 0 Å². The van der Waals surface area contributed by atoms with Crippen molar-refractivity contribution < 1.29 is 23.8 Å². The zero-order chi connectivity index (χ0) is 17.4. The molecule has 0 aromatic carbocycles. The van der Waals surface area contributed by atoms with Crippen LogP contribution >= 0.6 is 0 Å². The van der Waals surface area contributed by atoms with Crippen LogP contribution in [-0.2, 0) is 19.0 Å². The maximum absolute atomic E-state index is 12.2. The highest BCUT2D eigenvalue weighted by molar-refractivity contribution is 5.81. The summed E-state index contributed by atoms with van der Waals surface area (Å²) in [5, 5.41) is 2.50. The third-order valence-electron chi connectivity index (χ3n) is 3.64. The zero-order valence-corrected chi connectivity index (χ0v) is 14.8. The van der Waals surface area contributed by atoms with E-state index < -0.39 is 18.1 Å². The zero-order valence-electron chi connectivity index (χ0n) is 14.8. The molecule has 1 heterocycles. The van der Waals surface area contributed by atoms with Crippen LogP contribution in [-0.4, -0.2) is 69.1 Å². The normalized spacial score (nSPS) is 20.4. The number of ether oxygens (including phenoxy) is 3. The Morgan fingerprint density at radius 2 is 2.00 bits per heavy atom. The lowest BCUT2D eigenvalue weighted by atomic mass is 10.1. The fraction of sp³-hybridized carbons (Fsp3) is 0.875. The molecule has 1 aliphatic heterocycles. The fourth-order valence-electron chi connectivity index (χ4n) is 2.51. The van der Waals surface area contributed by atoms with Crippen LogP contribution in [0.25, 0.3) is 0 Å². The number of carbonyl (C=O) groups is 2. The third kappa shape index (κ3) is 7.18. The molecule has 2 atom stereocenters. The average molecular weight is 330 g/mol. The number of morpholine rings is 1. The maximum atomic E-state index is 12.2. The minimum Gasteiger partial charge on any atom is -0.461 e. The Morgan fingerprint density at radius 1 is 1.30 bits per heavy atom. The van der Waals surface area contributed by atoms with Crippen molar-refractivity contribution in [1.82, 2.24) is 10.2 Å². The molecule has 0 saturated carbocycles. The van der Waals surface area contributed by atoms with Gasteiger partial charge >= 0.3 is 12.1 Å². The fourth-order valence-corrected chi connectivity index (χ4v) is 2.51. The molecular weight excluding hydrogens is 300 g/mol. The van der Waals surface area contributed by atoms with E-state index in [1.807, 2.05) is 13.8 Å². The van der Waals surface area contributed by atoms with E-state index in [1.165, 1.54) is 7.11 Å². The maximum Gasteiger partial charge on any atom is 0.407 e. The smallest absolute Gasteiger partial charge is 0.407 e. The number of nitrogens with zero attached hydrogens (tertiary/aromatic N) is 1. The van der Waals surface area contributed by atoms with Gasteiger partial charge in [-0.3, -0.25) is 4.90 Å². The Bertz CT molecular complexity index is 387. The molecule has 1 fully saturated rings. The molecule has 7 nitrogen and oxygen atoms in total. The molecule has 7 heteroatoms. The quantitative estimate of drug-likeness (QED) is 0.708. The SMILES string of the molecule is COC(=O)N[C@H](C(=O)OC[C@H]1CN(CC(C)C)CCO1)C(C)C. The highest BCUT2D eigenvalue weighted by Crippen LogP contribution is 2.10. The molecule has 134 valence electrons. The monoisotopic (exact) mass is 330 g/mol. The molecule has 1 N–H and O–H groups in total. The number of amides is 1. The number of hydrogen-bond donors (Lipinski definition) is 1. The minimum absolute atomic E-state index is 0.0914. The summed E-state index contributed by atoms with van der Waals surface area (Å²) in [7, 11) is 1.26. The third-order valence-corrected chi connectivity index (χ3v) is 3.64. The number of nitrogens with one attached hydrogen (secondary N) is 1. The molecule has 0 unspecified atom stereocenters. The first-order valence-electron chi connectivity index (χ1n) is 8.18. The van der Waals surface area contributed by atoms with Crippen LogP contribution in [0.2, 0.25) is 0 Å². The molecule has 0 radical (unpaired) electrons. The lowest BCUT2D eigenvalue weighted by Gasteiger charge is -2.33. The molecule has 0 spiro atoms. The van der Waals surface area contributed by atoms with E-state index in [4.69, 9.17) is 9.47 Å². The van der Waals surface area contributed by atoms with Gasteiger partial charge in [-0.05, 0) is 11.8 Å². The van der Waals surface area contributed by atoms with Crippen LogP contribution in [0, 0.1) is 11.8 Å². The summed E-state index contributed by atoms with van der Waals surface area (Å²) in [6.45, 7) is 11.5. The summed E-state index contributed by atoms with van der Waals surface area (Å²) in [5.41, 5.74) is 0. The molecule has 1 saturated heterocycles. The Morgan fingerprint density at radius 3 is 2.57 bits per heavy atom. The van der Waals surface area contributed by atoms with Gasteiger partial charge in [0.15, 0.2) is 0 Å². The van der Waals surface area contributed by atoms with Gasteiger partial charge in [0, 0.05) is 19.6 Å². The number of rotatable bonds is 7. The van der Waals surface area contributed by atoms with Crippen molar-refractivity contribution >= 4 is 12.1 Å². The Hall–Kier alpha value is -1.34. The number of hydrogen-bond acceptors (Lipinski definition) is 6. The summed E-state index contributed by atoms with van der Waals surface area (Å²) in [6.07, 6.45) is -0.768. The molecule has 0 bridgehead atoms. The van der Waals surface area contributed by atoms with Crippen molar-refractivity contribution in [2.75, 3.05) is 40.0 Å². The van der Waals surface area contributed by atoms with Crippen LogP contribution in [0.4, 0.5) is 4.79 Å². The van der Waals surface area contributed by atoms with Crippen LogP contribution in [0.5, 0.6) is 0 Å². The molecule has 0 aromatic heterocycles. The van der Waals surface area contributed by atoms with Gasteiger partial charge in [0.1, 0.15) is 18.8 Å². The molecule has 0 aliphatic carbocycles. The van der Waals surface area contributed by atoms with Gasteiger partial charge in [0.25, 0.3) is 0 Å². The van der Waals surface area contributed by atoms with Crippen molar-refractivity contribution in [2.24, 2.45) is 11.8 Å². The van der Waals surface area contributed by atoms with E-state index in [2.05, 4.69) is 28.8 Å². The van der Waals surface area contributed by atoms with Gasteiger partial charge in [-0.15, -0.1) is 0 Å². The van der Waals surface area contributed by atoms with E-state index in [-0.39, 0.29) is 18.6 Å². The number of methoxy groups -OCH3 is 1. The van der Waals surface area contributed by atoms with Crippen LogP contribution in [0.15, 0.2) is 0 Å². The van der Waals surface area contributed by atoms with Crippen LogP contribution in [0.1, 0.15) is 27.7 Å². The average Bonchev–Trinajstić information content (AvgIpc) is 2.49. The van der Waals surface area contributed by atoms with E-state index >= 15 is 0 Å². The summed E-state index contributed by atoms with van der Waals surface area (Å²) in [4.78, 5) is 25.8. The van der Waals surface area contributed by atoms with Gasteiger partial charge in [-0.1, -0.05) is 27.7 Å². The number of carbonyl (C=O) groups excluding carboxylic acids is 2. The second-order valence-corrected chi connectivity index (χ2v) is 6.63. The van der Waals surface area contributed by atoms with E-state index in [9.17, 15) is 9.59 Å². The lowest BCUT2D eigenvalue weighted by molar-refractivity contribution is -0.154. The summed E-state index contributed by atoms with van der Waals surface area (Å²) < 4.78 is 15.5. The molecule has 1 amide bonds. The summed E-state index contributed by atoms with van der Waals surface area (Å²) in [6, 6.07) is -0.724. The molecule has 1 rings (SSSR count). The first kappa shape index (κ1) is 19.7. The van der Waals surface area contributed by atoms with E-state index in [0.717, 1.165) is 19.6 Å². The summed E-state index contributed by atoms with van der Waals surface area (Å²) >= 11 is 0. The van der Waals surface area contributed by atoms with Gasteiger partial charge in [0.05, 0.1) is 13.7 Å². The largest absolute Gasteiger partial charge is 0.461 e. The highest BCUT2D eigenvalue weighted by atomic mass is 16.6. The van der Waals surface area contributed by atoms with Crippen LogP contribution in [0.3, 0.4) is 0 Å². The van der Waals surface area contributed by atoms with Crippen molar-refractivity contribution in [1.29, 1.82) is 0 Å². The topological polar surface area (TPSA) is 77.1 Å². The lowest BCUT2D eigenvalue weighted by Crippen LogP contribution is -2.48. The van der Waals surface area contributed by atoms with Gasteiger partial charge in [0.2, 0.25) is 0 Å². The molecular formula is C16H30N2O5. The minimum atomic E-state index is -0.724. The van der Waals surface area contributed by atoms with E-state index in [1.54, 1.807) is 0 Å². The second-order valence-electron chi connectivity index (χ2n) is 6.63. The molecule has 1 aliphatic rings. The van der Waals surface area contributed by atoms with Gasteiger partial charge in [-0.2, -0.15) is 0 Å². The van der Waals surface area contributed by atoms with E-state index in [0.29, 0.717) is 12.5 Å². The van der Waals surface area contributed by atoms with Gasteiger partial charge < -0.3 is 19.5 Å². The standard InChI is InChI=1S/C16H30N2O5/c1-11(2)8-18-6-7-22-13(9-18)10-23-15(19)14(12(3)4)17-16(20)21-5/h11-14H,6-10H2,1-5H3,(H,17,20)/t13-,14+/m1/s1. The Balaban J connectivity index is 2.45. The summed E-state index contributed by atoms with van der Waals surface area (Å²) in [5.74, 6) is 0.0344. The Kier molecular flexibility index (Phi) is 8.33. The highest BCUT2D eigenvalue weighted by Gasteiger charge is 2.28.